The van der Waals surface area contributed by atoms with Crippen molar-refractivity contribution in [2.75, 3.05) is 37.7 Å². The number of anilines is 1. The van der Waals surface area contributed by atoms with E-state index in [1.165, 1.54) is 5.56 Å². The van der Waals surface area contributed by atoms with E-state index in [-0.39, 0.29) is 17.9 Å². The van der Waals surface area contributed by atoms with Crippen molar-refractivity contribution in [1.29, 1.82) is 0 Å². The van der Waals surface area contributed by atoms with Crippen LogP contribution in [0.25, 0.3) is 0 Å². The summed E-state index contributed by atoms with van der Waals surface area (Å²) >= 11 is 0. The molecule has 1 aromatic heterocycles. The number of aromatic nitrogens is 2. The molecule has 1 fully saturated rings. The molecule has 0 aliphatic carbocycles. The second-order valence-electron chi connectivity index (χ2n) is 8.56. The number of esters is 1. The molecule has 1 aromatic carbocycles. The van der Waals surface area contributed by atoms with E-state index in [0.717, 1.165) is 0 Å². The highest BCUT2D eigenvalue weighted by molar-refractivity contribution is 5.82. The van der Waals surface area contributed by atoms with Crippen molar-refractivity contribution in [3.63, 3.8) is 0 Å². The maximum atomic E-state index is 12.4. The number of amides is 1. The van der Waals surface area contributed by atoms with E-state index in [0.29, 0.717) is 37.9 Å². The number of benzene rings is 1. The predicted molar refractivity (Wildman–Crippen MR) is 117 cm³/mol. The maximum Gasteiger partial charge on any atom is 0.347 e. The predicted octanol–water partition coefficient (Wildman–Crippen LogP) is 2.43. The van der Waals surface area contributed by atoms with E-state index in [1.54, 1.807) is 30.3 Å². The smallest absolute Gasteiger partial charge is 0.347 e. The molecular formula is C23H30N4O4. The molecule has 2 heterocycles. The summed E-state index contributed by atoms with van der Waals surface area (Å²) in [4.78, 5) is 36.8. The van der Waals surface area contributed by atoms with Crippen molar-refractivity contribution in [3.8, 4) is 5.75 Å². The number of rotatable bonds is 6. The fraction of sp³-hybridized carbons (Fsp3) is 0.478. The standard InChI is InChI=1S/C23H30N4O4/c1-17(31-19-8-6-18(7-9-19)23(2,3)4)21(29)30-16-20(28)26-12-14-27(15-13-26)22-24-10-5-11-25-22/h5-11,17H,12-16H2,1-4H3/t17-/m1/s1. The molecule has 0 unspecified atom stereocenters. The van der Waals surface area contributed by atoms with Crippen LogP contribution in [0.5, 0.6) is 5.75 Å². The lowest BCUT2D eigenvalue weighted by molar-refractivity contribution is -0.157. The fourth-order valence-corrected chi connectivity index (χ4v) is 3.24. The third-order valence-electron chi connectivity index (χ3n) is 5.17. The van der Waals surface area contributed by atoms with Gasteiger partial charge in [-0.1, -0.05) is 32.9 Å². The lowest BCUT2D eigenvalue weighted by Gasteiger charge is -2.34. The zero-order valence-electron chi connectivity index (χ0n) is 18.6. The Labute approximate surface area is 183 Å². The Morgan fingerprint density at radius 1 is 1.03 bits per heavy atom. The molecule has 8 heteroatoms. The Bertz CT molecular complexity index is 873. The van der Waals surface area contributed by atoms with E-state index in [1.807, 2.05) is 29.2 Å². The van der Waals surface area contributed by atoms with Crippen LogP contribution in [0, 0.1) is 0 Å². The number of nitrogens with zero attached hydrogens (tertiary/aromatic N) is 4. The molecule has 0 radical (unpaired) electrons. The van der Waals surface area contributed by atoms with Gasteiger partial charge in [0.25, 0.3) is 5.91 Å². The van der Waals surface area contributed by atoms with Crippen LogP contribution in [0.4, 0.5) is 5.95 Å². The first-order valence-electron chi connectivity index (χ1n) is 10.5. The third kappa shape index (κ3) is 6.16. The summed E-state index contributed by atoms with van der Waals surface area (Å²) in [6, 6.07) is 9.41. The molecule has 0 N–H and O–H groups in total. The Morgan fingerprint density at radius 3 is 2.23 bits per heavy atom. The van der Waals surface area contributed by atoms with Gasteiger partial charge in [-0.15, -0.1) is 0 Å². The van der Waals surface area contributed by atoms with Crippen molar-refractivity contribution in [2.24, 2.45) is 0 Å². The van der Waals surface area contributed by atoms with Crippen LogP contribution in [0.2, 0.25) is 0 Å². The number of hydrogen-bond acceptors (Lipinski definition) is 7. The van der Waals surface area contributed by atoms with Crippen molar-refractivity contribution in [3.05, 3.63) is 48.3 Å². The monoisotopic (exact) mass is 426 g/mol. The Morgan fingerprint density at radius 2 is 1.65 bits per heavy atom. The van der Waals surface area contributed by atoms with Gasteiger partial charge < -0.3 is 19.3 Å². The van der Waals surface area contributed by atoms with Crippen molar-refractivity contribution < 1.29 is 19.1 Å². The molecule has 31 heavy (non-hydrogen) atoms. The van der Waals surface area contributed by atoms with Crippen LogP contribution in [0.1, 0.15) is 33.3 Å². The lowest BCUT2D eigenvalue weighted by Crippen LogP contribution is -2.50. The molecule has 1 amide bonds. The van der Waals surface area contributed by atoms with Crippen molar-refractivity contribution >= 4 is 17.8 Å². The Hall–Kier alpha value is -3.16. The molecule has 166 valence electrons. The van der Waals surface area contributed by atoms with E-state index in [4.69, 9.17) is 9.47 Å². The highest BCUT2D eigenvalue weighted by atomic mass is 16.6. The van der Waals surface area contributed by atoms with Gasteiger partial charge in [-0.2, -0.15) is 0 Å². The minimum atomic E-state index is -0.805. The van der Waals surface area contributed by atoms with Gasteiger partial charge in [-0.05, 0) is 36.1 Å². The Kier molecular flexibility index (Phi) is 7.09. The first kappa shape index (κ1) is 22.5. The summed E-state index contributed by atoms with van der Waals surface area (Å²) in [5.41, 5.74) is 1.22. The molecule has 3 rings (SSSR count). The molecule has 2 aromatic rings. The van der Waals surface area contributed by atoms with E-state index in [2.05, 4.69) is 30.7 Å². The first-order valence-corrected chi connectivity index (χ1v) is 10.5. The Balaban J connectivity index is 1.42. The molecular weight excluding hydrogens is 396 g/mol. The van der Waals surface area contributed by atoms with Crippen molar-refractivity contribution in [2.45, 2.75) is 39.2 Å². The summed E-state index contributed by atoms with van der Waals surface area (Å²) in [6.07, 6.45) is 2.59. The largest absolute Gasteiger partial charge is 0.479 e. The van der Waals surface area contributed by atoms with Gasteiger partial charge >= 0.3 is 5.97 Å². The molecule has 0 saturated carbocycles. The molecule has 0 spiro atoms. The van der Waals surface area contributed by atoms with E-state index in [9.17, 15) is 9.59 Å². The van der Waals surface area contributed by atoms with Crippen LogP contribution in [0.3, 0.4) is 0 Å². The summed E-state index contributed by atoms with van der Waals surface area (Å²) in [5.74, 6) is 0.457. The average Bonchev–Trinajstić information content (AvgIpc) is 2.77. The minimum absolute atomic E-state index is 0.0447. The molecule has 1 atom stereocenters. The number of carbonyl (C=O) groups is 2. The quantitative estimate of drug-likeness (QED) is 0.656. The molecule has 1 saturated heterocycles. The molecule has 8 nitrogen and oxygen atoms in total. The highest BCUT2D eigenvalue weighted by Crippen LogP contribution is 2.24. The average molecular weight is 427 g/mol. The molecule has 1 aliphatic heterocycles. The van der Waals surface area contributed by atoms with Gasteiger partial charge in [0.05, 0.1) is 0 Å². The molecule has 1 aliphatic rings. The first-order chi connectivity index (χ1) is 14.7. The van der Waals surface area contributed by atoms with Crippen LogP contribution in [-0.4, -0.2) is 65.6 Å². The van der Waals surface area contributed by atoms with E-state index >= 15 is 0 Å². The summed E-state index contributed by atoms with van der Waals surface area (Å²) < 4.78 is 10.9. The summed E-state index contributed by atoms with van der Waals surface area (Å²) in [7, 11) is 0. The van der Waals surface area contributed by atoms with Gasteiger partial charge in [-0.25, -0.2) is 14.8 Å². The van der Waals surface area contributed by atoms with Gasteiger partial charge in [0.15, 0.2) is 12.7 Å². The van der Waals surface area contributed by atoms with Crippen molar-refractivity contribution in [1.82, 2.24) is 14.9 Å². The van der Waals surface area contributed by atoms with E-state index < -0.39 is 12.1 Å². The van der Waals surface area contributed by atoms with Crippen LogP contribution in [-0.2, 0) is 19.7 Å². The van der Waals surface area contributed by atoms with Gasteiger partial charge in [0, 0.05) is 38.6 Å². The number of hydrogen-bond donors (Lipinski definition) is 0. The second kappa shape index (κ2) is 9.76. The molecule has 0 bridgehead atoms. The number of piperazine rings is 1. The van der Waals surface area contributed by atoms with Crippen LogP contribution >= 0.6 is 0 Å². The van der Waals surface area contributed by atoms with Gasteiger partial charge in [0.2, 0.25) is 5.95 Å². The number of carbonyl (C=O) groups excluding carboxylic acids is 2. The zero-order valence-corrected chi connectivity index (χ0v) is 18.6. The van der Waals surface area contributed by atoms with Crippen LogP contribution < -0.4 is 9.64 Å². The summed E-state index contributed by atoms with van der Waals surface area (Å²) in [5, 5.41) is 0. The lowest BCUT2D eigenvalue weighted by atomic mass is 9.87. The SMILES string of the molecule is C[C@@H](Oc1ccc(C(C)(C)C)cc1)C(=O)OCC(=O)N1CCN(c2ncccn2)CC1. The van der Waals surface area contributed by atoms with Gasteiger partial charge in [-0.3, -0.25) is 4.79 Å². The normalized spacial score (nSPS) is 15.4. The number of ether oxygens (including phenoxy) is 2. The second-order valence-corrected chi connectivity index (χ2v) is 8.56. The van der Waals surface area contributed by atoms with Gasteiger partial charge in [0.1, 0.15) is 5.75 Å². The topological polar surface area (TPSA) is 84.9 Å². The maximum absolute atomic E-state index is 12.4. The minimum Gasteiger partial charge on any atom is -0.479 e. The highest BCUT2D eigenvalue weighted by Gasteiger charge is 2.24. The summed E-state index contributed by atoms with van der Waals surface area (Å²) in [6.45, 7) is 10.0. The third-order valence-corrected chi connectivity index (χ3v) is 5.17. The fourth-order valence-electron chi connectivity index (χ4n) is 3.24. The zero-order chi connectivity index (χ0) is 22.4. The van der Waals surface area contributed by atoms with Crippen LogP contribution in [0.15, 0.2) is 42.7 Å².